The number of nitrogens with two attached hydrogens (primary N) is 1. The number of nitriles is 1. The van der Waals surface area contributed by atoms with Gasteiger partial charge in [-0.1, -0.05) is 0 Å². The van der Waals surface area contributed by atoms with Gasteiger partial charge in [0.2, 0.25) is 0 Å². The molecule has 2 heterocycles. The van der Waals surface area contributed by atoms with E-state index in [4.69, 9.17) is 15.7 Å². The number of hydrogen-bond acceptors (Lipinski definition) is 7. The number of esters is 1. The number of carbonyl (C=O) groups excluding carboxylic acids is 1. The van der Waals surface area contributed by atoms with Crippen molar-refractivity contribution in [1.29, 1.82) is 5.26 Å². The predicted molar refractivity (Wildman–Crippen MR) is 79.1 cm³/mol. The summed E-state index contributed by atoms with van der Waals surface area (Å²) in [4.78, 5) is 16.8. The van der Waals surface area contributed by atoms with Crippen LogP contribution < -0.4 is 10.6 Å². The number of hydrogen-bond donors (Lipinski definition) is 1. The molecule has 0 aromatic carbocycles. The number of likely N-dealkylation sites (N-methyl/N-ethyl adjacent to an activating group) is 1. The molecule has 20 heavy (non-hydrogen) atoms. The molecule has 2 N–H and O–H groups in total. The Morgan fingerprint density at radius 1 is 1.45 bits per heavy atom. The van der Waals surface area contributed by atoms with Crippen LogP contribution in [0.4, 0.5) is 10.7 Å². The molecule has 0 unspecified atom stereocenters. The Bertz CT molecular complexity index is 541. The van der Waals surface area contributed by atoms with E-state index in [0.717, 1.165) is 31.2 Å². The Kier molecular flexibility index (Phi) is 4.47. The molecule has 2 rings (SSSR count). The average Bonchev–Trinajstić information content (AvgIpc) is 2.77. The highest BCUT2D eigenvalue weighted by Gasteiger charge is 2.28. The summed E-state index contributed by atoms with van der Waals surface area (Å²) < 4.78 is 5.06. The Morgan fingerprint density at radius 2 is 2.10 bits per heavy atom. The Hall–Kier alpha value is -1.78. The van der Waals surface area contributed by atoms with Gasteiger partial charge in [-0.3, -0.25) is 0 Å². The highest BCUT2D eigenvalue weighted by atomic mass is 32.1. The van der Waals surface area contributed by atoms with E-state index in [1.807, 2.05) is 6.07 Å². The number of thiophene rings is 1. The number of piperazine rings is 1. The van der Waals surface area contributed by atoms with Crippen LogP contribution >= 0.6 is 11.3 Å². The van der Waals surface area contributed by atoms with Crippen molar-refractivity contribution < 1.29 is 9.53 Å². The van der Waals surface area contributed by atoms with Crippen LogP contribution in [0, 0.1) is 11.3 Å². The number of carbonyl (C=O) groups is 1. The molecule has 108 valence electrons. The van der Waals surface area contributed by atoms with Crippen LogP contribution in [-0.4, -0.2) is 50.7 Å². The first kappa shape index (κ1) is 14.6. The molecular formula is C13H18N4O2S. The third-order valence-corrected chi connectivity index (χ3v) is 4.47. The van der Waals surface area contributed by atoms with Crippen molar-refractivity contribution in [2.24, 2.45) is 0 Å². The third kappa shape index (κ3) is 2.71. The second-order valence-corrected chi connectivity index (χ2v) is 5.65. The maximum absolute atomic E-state index is 12.1. The van der Waals surface area contributed by atoms with E-state index in [-0.39, 0.29) is 12.3 Å². The zero-order valence-electron chi connectivity index (χ0n) is 11.7. The Labute approximate surface area is 122 Å². The smallest absolute Gasteiger partial charge is 0.343 e. The second kappa shape index (κ2) is 6.11. The van der Waals surface area contributed by atoms with E-state index in [1.54, 1.807) is 6.92 Å². The van der Waals surface area contributed by atoms with Gasteiger partial charge >= 0.3 is 5.97 Å². The average molecular weight is 294 g/mol. The van der Waals surface area contributed by atoms with Gasteiger partial charge in [0.1, 0.15) is 21.5 Å². The molecule has 7 heteroatoms. The van der Waals surface area contributed by atoms with Gasteiger partial charge in [0.25, 0.3) is 0 Å². The van der Waals surface area contributed by atoms with Gasteiger partial charge in [-0.15, -0.1) is 11.3 Å². The quantitative estimate of drug-likeness (QED) is 0.842. The van der Waals surface area contributed by atoms with Crippen molar-refractivity contribution in [3.63, 3.8) is 0 Å². The lowest BCUT2D eigenvalue weighted by Crippen LogP contribution is -2.44. The second-order valence-electron chi connectivity index (χ2n) is 4.65. The zero-order valence-corrected chi connectivity index (χ0v) is 12.5. The van der Waals surface area contributed by atoms with E-state index in [2.05, 4.69) is 16.8 Å². The van der Waals surface area contributed by atoms with Crippen LogP contribution in [0.3, 0.4) is 0 Å². The minimum Gasteiger partial charge on any atom is -0.462 e. The summed E-state index contributed by atoms with van der Waals surface area (Å²) >= 11 is 1.27. The van der Waals surface area contributed by atoms with Gasteiger partial charge < -0.3 is 20.3 Å². The number of ether oxygens (including phenoxy) is 1. The van der Waals surface area contributed by atoms with E-state index >= 15 is 0 Å². The summed E-state index contributed by atoms with van der Waals surface area (Å²) in [5.74, 6) is -0.448. The van der Waals surface area contributed by atoms with Crippen LogP contribution in [0.5, 0.6) is 0 Å². The SMILES string of the molecule is CCOC(=O)c1c(N2CCN(C)CC2)sc(C#N)c1N. The van der Waals surface area contributed by atoms with Crippen molar-refractivity contribution in [2.75, 3.05) is 50.5 Å². The molecule has 0 spiro atoms. The van der Waals surface area contributed by atoms with E-state index < -0.39 is 5.97 Å². The topological polar surface area (TPSA) is 82.6 Å². The first-order chi connectivity index (χ1) is 9.58. The molecule has 0 bridgehead atoms. The lowest BCUT2D eigenvalue weighted by atomic mass is 10.2. The fourth-order valence-corrected chi connectivity index (χ4v) is 3.21. The van der Waals surface area contributed by atoms with Gasteiger partial charge in [0.05, 0.1) is 12.3 Å². The molecule has 1 saturated heterocycles. The normalized spacial score (nSPS) is 15.9. The standard InChI is InChI=1S/C13H18N4O2S/c1-3-19-13(18)10-11(15)9(8-14)20-12(10)17-6-4-16(2)5-7-17/h3-7,15H2,1-2H3. The van der Waals surface area contributed by atoms with Crippen LogP contribution in [0.25, 0.3) is 0 Å². The lowest BCUT2D eigenvalue weighted by Gasteiger charge is -2.33. The number of rotatable bonds is 3. The molecule has 6 nitrogen and oxygen atoms in total. The van der Waals surface area contributed by atoms with E-state index in [9.17, 15) is 4.79 Å². The van der Waals surface area contributed by atoms with Crippen molar-refractivity contribution in [1.82, 2.24) is 4.90 Å². The molecule has 1 aliphatic rings. The number of nitrogens with zero attached hydrogens (tertiary/aromatic N) is 3. The van der Waals surface area contributed by atoms with Gasteiger partial charge in [0, 0.05) is 26.2 Å². The fourth-order valence-electron chi connectivity index (χ4n) is 2.15. The summed E-state index contributed by atoms with van der Waals surface area (Å²) in [6.45, 7) is 5.50. The van der Waals surface area contributed by atoms with Crippen LogP contribution in [0.15, 0.2) is 0 Å². The highest BCUT2D eigenvalue weighted by Crippen LogP contribution is 2.38. The van der Waals surface area contributed by atoms with Gasteiger partial charge in [0.15, 0.2) is 0 Å². The zero-order chi connectivity index (χ0) is 14.7. The summed E-state index contributed by atoms with van der Waals surface area (Å²) in [5, 5.41) is 9.87. The van der Waals surface area contributed by atoms with Crippen LogP contribution in [0.2, 0.25) is 0 Å². The molecule has 0 atom stereocenters. The lowest BCUT2D eigenvalue weighted by molar-refractivity contribution is 0.0528. The van der Waals surface area contributed by atoms with Crippen LogP contribution in [0.1, 0.15) is 22.2 Å². The van der Waals surface area contributed by atoms with Crippen molar-refractivity contribution >= 4 is 28.0 Å². The maximum Gasteiger partial charge on any atom is 0.343 e. The molecular weight excluding hydrogens is 276 g/mol. The van der Waals surface area contributed by atoms with Gasteiger partial charge in [-0.2, -0.15) is 5.26 Å². The van der Waals surface area contributed by atoms with Crippen molar-refractivity contribution in [3.8, 4) is 6.07 Å². The highest BCUT2D eigenvalue weighted by molar-refractivity contribution is 7.17. The Balaban J connectivity index is 2.36. The summed E-state index contributed by atoms with van der Waals surface area (Å²) in [7, 11) is 2.06. The fraction of sp³-hybridized carbons (Fsp3) is 0.538. The van der Waals surface area contributed by atoms with Crippen molar-refractivity contribution in [3.05, 3.63) is 10.4 Å². The number of nitrogen functional groups attached to an aromatic ring is 1. The summed E-state index contributed by atoms with van der Waals surface area (Å²) in [5.41, 5.74) is 6.52. The molecule has 1 aromatic rings. The largest absolute Gasteiger partial charge is 0.462 e. The minimum atomic E-state index is -0.448. The van der Waals surface area contributed by atoms with E-state index in [1.165, 1.54) is 11.3 Å². The van der Waals surface area contributed by atoms with Crippen molar-refractivity contribution in [2.45, 2.75) is 6.92 Å². The first-order valence-electron chi connectivity index (χ1n) is 6.51. The maximum atomic E-state index is 12.1. The summed E-state index contributed by atoms with van der Waals surface area (Å²) in [6.07, 6.45) is 0. The van der Waals surface area contributed by atoms with Gasteiger partial charge in [-0.25, -0.2) is 4.79 Å². The molecule has 0 radical (unpaired) electrons. The monoisotopic (exact) mass is 294 g/mol. The Morgan fingerprint density at radius 3 is 2.65 bits per heavy atom. The molecule has 0 saturated carbocycles. The third-order valence-electron chi connectivity index (χ3n) is 3.30. The molecule has 0 aliphatic carbocycles. The first-order valence-corrected chi connectivity index (χ1v) is 7.33. The minimum absolute atomic E-state index is 0.241. The van der Waals surface area contributed by atoms with Crippen LogP contribution in [-0.2, 0) is 4.74 Å². The predicted octanol–water partition coefficient (Wildman–Crippen LogP) is 1.13. The summed E-state index contributed by atoms with van der Waals surface area (Å²) in [6, 6.07) is 2.05. The molecule has 1 aromatic heterocycles. The molecule has 1 fully saturated rings. The van der Waals surface area contributed by atoms with Gasteiger partial charge in [-0.05, 0) is 14.0 Å². The van der Waals surface area contributed by atoms with E-state index in [0.29, 0.717) is 10.4 Å². The molecule has 1 aliphatic heterocycles. The number of anilines is 2. The molecule has 0 amide bonds.